The Hall–Kier alpha value is -2.38. The normalized spacial score (nSPS) is 34.4. The van der Waals surface area contributed by atoms with E-state index in [4.69, 9.17) is 18.9 Å². The Morgan fingerprint density at radius 2 is 1.96 bits per heavy atom. The zero-order chi connectivity index (χ0) is 18.3. The van der Waals surface area contributed by atoms with Gasteiger partial charge in [-0.15, -0.1) is 0 Å². The van der Waals surface area contributed by atoms with Crippen molar-refractivity contribution in [2.24, 2.45) is 29.6 Å². The number of methoxy groups -OCH3 is 1. The van der Waals surface area contributed by atoms with Crippen LogP contribution in [0.5, 0.6) is 0 Å². The predicted octanol–water partition coefficient (Wildman–Crippen LogP) is 0.246. The molecule has 0 aromatic carbocycles. The Morgan fingerprint density at radius 1 is 1.24 bits per heavy atom. The Balaban J connectivity index is 1.59. The van der Waals surface area contributed by atoms with Gasteiger partial charge in [-0.3, -0.25) is 9.59 Å². The van der Waals surface area contributed by atoms with E-state index in [1.165, 1.54) is 14.0 Å². The predicted molar refractivity (Wildman–Crippen MR) is 80.7 cm³/mol. The van der Waals surface area contributed by atoms with Crippen molar-refractivity contribution in [2.45, 2.75) is 19.4 Å². The number of hydrogen-bond donors (Lipinski definition) is 0. The third kappa shape index (κ3) is 2.89. The Kier molecular flexibility index (Phi) is 4.53. The zero-order valence-electron chi connectivity index (χ0n) is 14.1. The molecule has 2 aliphatic carbocycles. The molecule has 3 rings (SSSR count). The Bertz CT molecular complexity index is 639. The number of rotatable bonds is 6. The second kappa shape index (κ2) is 6.50. The molecule has 6 atom stereocenters. The Morgan fingerprint density at radius 3 is 2.60 bits per heavy atom. The lowest BCUT2D eigenvalue weighted by atomic mass is 9.74. The van der Waals surface area contributed by atoms with E-state index < -0.39 is 36.4 Å². The molecule has 25 heavy (non-hydrogen) atoms. The van der Waals surface area contributed by atoms with Gasteiger partial charge in [0.1, 0.15) is 6.10 Å². The number of fused-ring (bicyclic) bond motifs is 1. The summed E-state index contributed by atoms with van der Waals surface area (Å²) < 4.78 is 20.1. The van der Waals surface area contributed by atoms with Gasteiger partial charge < -0.3 is 18.9 Å². The summed E-state index contributed by atoms with van der Waals surface area (Å²) in [5.74, 6) is -3.59. The highest BCUT2D eigenvalue weighted by molar-refractivity contribution is 5.88. The fourth-order valence-electron chi connectivity index (χ4n) is 4.34. The molecule has 1 heterocycles. The fourth-order valence-corrected chi connectivity index (χ4v) is 4.34. The maximum absolute atomic E-state index is 12.1. The van der Waals surface area contributed by atoms with Crippen molar-refractivity contribution in [3.05, 3.63) is 12.2 Å². The molecule has 136 valence electrons. The number of carbonyl (C=O) groups is 4. The van der Waals surface area contributed by atoms with E-state index in [0.717, 1.165) is 0 Å². The van der Waals surface area contributed by atoms with Crippen LogP contribution >= 0.6 is 0 Å². The lowest BCUT2D eigenvalue weighted by Gasteiger charge is -2.29. The minimum atomic E-state index is -0.701. The average Bonchev–Trinajstić information content (AvgIpc) is 3.19. The molecular formula is C17H20O8. The molecule has 0 aromatic heterocycles. The van der Waals surface area contributed by atoms with Crippen molar-refractivity contribution in [1.29, 1.82) is 0 Å². The second-order valence-corrected chi connectivity index (χ2v) is 6.74. The maximum atomic E-state index is 12.1. The molecular weight excluding hydrogens is 332 g/mol. The number of ether oxygens (including phenoxy) is 4. The first-order valence-electron chi connectivity index (χ1n) is 8.11. The van der Waals surface area contributed by atoms with Gasteiger partial charge >= 0.3 is 23.9 Å². The molecule has 3 aliphatic rings. The van der Waals surface area contributed by atoms with Crippen molar-refractivity contribution in [3.8, 4) is 0 Å². The number of hydrogen-bond acceptors (Lipinski definition) is 8. The van der Waals surface area contributed by atoms with E-state index in [1.807, 2.05) is 0 Å². The summed E-state index contributed by atoms with van der Waals surface area (Å²) in [6.45, 7) is 4.38. The van der Waals surface area contributed by atoms with Crippen LogP contribution in [0, 0.1) is 29.6 Å². The van der Waals surface area contributed by atoms with E-state index in [0.29, 0.717) is 6.42 Å². The van der Waals surface area contributed by atoms with Crippen LogP contribution in [0.3, 0.4) is 0 Å². The van der Waals surface area contributed by atoms with E-state index >= 15 is 0 Å². The molecule has 2 saturated carbocycles. The minimum absolute atomic E-state index is 0.00276. The molecule has 1 saturated heterocycles. The van der Waals surface area contributed by atoms with Crippen LogP contribution in [0.4, 0.5) is 0 Å². The fraction of sp³-hybridized carbons (Fsp3) is 0.647. The molecule has 0 spiro atoms. The second-order valence-electron chi connectivity index (χ2n) is 6.74. The SMILES string of the molecule is C=C(C)C(=O)OCC(=O)OCC1C2CC3C1OC(=O)C3C2C(=O)OC. The summed E-state index contributed by atoms with van der Waals surface area (Å²) >= 11 is 0. The summed E-state index contributed by atoms with van der Waals surface area (Å²) in [4.78, 5) is 47.1. The van der Waals surface area contributed by atoms with Crippen LogP contribution in [-0.2, 0) is 38.1 Å². The third-order valence-corrected chi connectivity index (χ3v) is 5.35. The first kappa shape index (κ1) is 17.4. The van der Waals surface area contributed by atoms with Gasteiger partial charge in [0.25, 0.3) is 0 Å². The molecule has 6 unspecified atom stereocenters. The first-order valence-corrected chi connectivity index (χ1v) is 8.11. The zero-order valence-corrected chi connectivity index (χ0v) is 14.1. The van der Waals surface area contributed by atoms with Crippen molar-refractivity contribution >= 4 is 23.9 Å². The van der Waals surface area contributed by atoms with Crippen molar-refractivity contribution in [1.82, 2.24) is 0 Å². The van der Waals surface area contributed by atoms with E-state index in [2.05, 4.69) is 6.58 Å². The molecule has 8 nitrogen and oxygen atoms in total. The van der Waals surface area contributed by atoms with Gasteiger partial charge in [0.05, 0.1) is 25.6 Å². The standard InChI is InChI=1S/C17H20O8/c1-7(2)15(19)24-6-11(18)23-5-10-8-4-9-13(12(8)16(20)22-3)17(21)25-14(9)10/h8-10,12-14H,1,4-6H2,2-3H3. The van der Waals surface area contributed by atoms with Crippen LogP contribution in [-0.4, -0.2) is 50.3 Å². The van der Waals surface area contributed by atoms with Crippen molar-refractivity contribution < 1.29 is 38.1 Å². The van der Waals surface area contributed by atoms with Crippen molar-refractivity contribution in [2.75, 3.05) is 20.3 Å². The quantitative estimate of drug-likeness (QED) is 0.380. The Labute approximate surface area is 144 Å². The molecule has 3 fully saturated rings. The molecule has 8 heteroatoms. The summed E-state index contributed by atoms with van der Waals surface area (Å²) in [5, 5.41) is 0. The molecule has 0 aromatic rings. The number of esters is 4. The molecule has 0 N–H and O–H groups in total. The number of carbonyl (C=O) groups excluding carboxylic acids is 4. The van der Waals surface area contributed by atoms with E-state index in [1.54, 1.807) is 0 Å². The van der Waals surface area contributed by atoms with Crippen LogP contribution in [0.2, 0.25) is 0 Å². The molecule has 1 aliphatic heterocycles. The van der Waals surface area contributed by atoms with Gasteiger partial charge in [-0.2, -0.15) is 0 Å². The molecule has 2 bridgehead atoms. The average molecular weight is 352 g/mol. The molecule has 0 amide bonds. The van der Waals surface area contributed by atoms with Gasteiger partial charge in [-0.25, -0.2) is 9.59 Å². The van der Waals surface area contributed by atoms with Gasteiger partial charge in [0.15, 0.2) is 6.61 Å². The van der Waals surface area contributed by atoms with Gasteiger partial charge in [-0.05, 0) is 19.3 Å². The van der Waals surface area contributed by atoms with Crippen LogP contribution in [0.25, 0.3) is 0 Å². The summed E-state index contributed by atoms with van der Waals surface area (Å²) in [7, 11) is 1.29. The van der Waals surface area contributed by atoms with E-state index in [9.17, 15) is 19.2 Å². The lowest BCUT2D eigenvalue weighted by Crippen LogP contribution is -2.40. The smallest absolute Gasteiger partial charge is 0.344 e. The molecule has 0 radical (unpaired) electrons. The van der Waals surface area contributed by atoms with E-state index in [-0.39, 0.29) is 42.0 Å². The largest absolute Gasteiger partial charge is 0.469 e. The van der Waals surface area contributed by atoms with Crippen molar-refractivity contribution in [3.63, 3.8) is 0 Å². The lowest BCUT2D eigenvalue weighted by molar-refractivity contribution is -0.159. The highest BCUT2D eigenvalue weighted by atomic mass is 16.6. The monoisotopic (exact) mass is 352 g/mol. The maximum Gasteiger partial charge on any atom is 0.344 e. The van der Waals surface area contributed by atoms with Crippen LogP contribution < -0.4 is 0 Å². The topological polar surface area (TPSA) is 105 Å². The first-order chi connectivity index (χ1) is 11.8. The van der Waals surface area contributed by atoms with Gasteiger partial charge in [0.2, 0.25) is 0 Å². The summed E-state index contributed by atoms with van der Waals surface area (Å²) in [6.07, 6.45) is 0.336. The highest BCUT2D eigenvalue weighted by Gasteiger charge is 2.68. The highest BCUT2D eigenvalue weighted by Crippen LogP contribution is 2.60. The van der Waals surface area contributed by atoms with Gasteiger partial charge in [0, 0.05) is 17.4 Å². The van der Waals surface area contributed by atoms with Crippen LogP contribution in [0.15, 0.2) is 12.2 Å². The third-order valence-electron chi connectivity index (χ3n) is 5.35. The van der Waals surface area contributed by atoms with Crippen LogP contribution in [0.1, 0.15) is 13.3 Å². The minimum Gasteiger partial charge on any atom is -0.469 e. The summed E-state index contributed by atoms with van der Waals surface area (Å²) in [5.41, 5.74) is 0.186. The van der Waals surface area contributed by atoms with Gasteiger partial charge in [-0.1, -0.05) is 6.58 Å². The summed E-state index contributed by atoms with van der Waals surface area (Å²) in [6, 6.07) is 0.